The first-order chi connectivity index (χ1) is 17.3. The van der Waals surface area contributed by atoms with Crippen molar-refractivity contribution >= 4 is 46.8 Å². The number of rotatable bonds is 8. The number of hydrogen-bond acceptors (Lipinski definition) is 4. The molecule has 3 N–H and O–H groups in total. The van der Waals surface area contributed by atoms with Gasteiger partial charge >= 0.3 is 5.97 Å². The van der Waals surface area contributed by atoms with Gasteiger partial charge in [0.2, 0.25) is 0 Å². The Balaban J connectivity index is 1.66. The predicted molar refractivity (Wildman–Crippen MR) is 137 cm³/mol. The number of carboxylic acid groups (broad SMARTS) is 1. The third-order valence-electron chi connectivity index (χ3n) is 5.24. The molecule has 1 heterocycles. The summed E-state index contributed by atoms with van der Waals surface area (Å²) in [5, 5.41) is 19.8. The Hall–Kier alpha value is -4.14. The molecule has 36 heavy (non-hydrogen) atoms. The summed E-state index contributed by atoms with van der Waals surface area (Å²) in [5.41, 5.74) is 1.42. The van der Waals surface area contributed by atoms with E-state index < -0.39 is 24.3 Å². The highest BCUT2D eigenvalue weighted by molar-refractivity contribution is 6.35. The van der Waals surface area contributed by atoms with Gasteiger partial charge in [0.15, 0.2) is 5.69 Å². The van der Waals surface area contributed by atoms with Crippen molar-refractivity contribution in [3.05, 3.63) is 112 Å². The average Bonchev–Trinajstić information content (AvgIpc) is 3.28. The van der Waals surface area contributed by atoms with Crippen molar-refractivity contribution in [2.45, 2.75) is 12.5 Å². The van der Waals surface area contributed by atoms with Crippen LogP contribution in [0.15, 0.2) is 84.9 Å². The minimum absolute atomic E-state index is 0.0253. The minimum atomic E-state index is -1.13. The van der Waals surface area contributed by atoms with Crippen LogP contribution in [0.1, 0.15) is 38.9 Å². The fraction of sp³-hybridized carbons (Fsp3) is 0.0769. The molecule has 0 spiro atoms. The fourth-order valence-corrected chi connectivity index (χ4v) is 4.09. The van der Waals surface area contributed by atoms with E-state index in [4.69, 9.17) is 23.2 Å². The Morgan fingerprint density at radius 1 is 0.889 bits per heavy atom. The highest BCUT2D eigenvalue weighted by Crippen LogP contribution is 2.29. The number of nitrogens with zero attached hydrogens (tertiary/aromatic N) is 2. The van der Waals surface area contributed by atoms with Gasteiger partial charge in [-0.25, -0.2) is 4.68 Å². The lowest BCUT2D eigenvalue weighted by molar-refractivity contribution is -0.137. The second-order valence-corrected chi connectivity index (χ2v) is 8.62. The highest BCUT2D eigenvalue weighted by Gasteiger charge is 2.24. The third kappa shape index (κ3) is 5.91. The molecule has 4 rings (SSSR count). The quantitative estimate of drug-likeness (QED) is 0.287. The topological polar surface area (TPSA) is 113 Å². The first-order valence-corrected chi connectivity index (χ1v) is 11.6. The van der Waals surface area contributed by atoms with Gasteiger partial charge in [0, 0.05) is 21.7 Å². The molecule has 8 nitrogen and oxygen atoms in total. The van der Waals surface area contributed by atoms with Crippen LogP contribution in [0, 0.1) is 0 Å². The molecular formula is C26H20Cl2N4O4. The molecule has 4 aromatic rings. The number of amides is 2. The van der Waals surface area contributed by atoms with Crippen LogP contribution < -0.4 is 10.6 Å². The van der Waals surface area contributed by atoms with E-state index in [1.165, 1.54) is 16.8 Å². The summed E-state index contributed by atoms with van der Waals surface area (Å²) in [6.07, 6.45) is -0.413. The Bertz CT molecular complexity index is 1410. The van der Waals surface area contributed by atoms with Gasteiger partial charge in [0.05, 0.1) is 18.2 Å². The SMILES string of the molecule is O=C(O)C[C@H](NC(=O)c1cc(NC(=O)c2ccccc2)n(-c2ccccc2)n1)c1ccc(Cl)cc1Cl. The maximum absolute atomic E-state index is 13.2. The molecule has 2 amide bonds. The normalized spacial score (nSPS) is 11.5. The molecule has 1 aromatic heterocycles. The van der Waals surface area contributed by atoms with Gasteiger partial charge in [-0.05, 0) is 42.0 Å². The molecule has 0 bridgehead atoms. The molecule has 0 saturated heterocycles. The summed E-state index contributed by atoms with van der Waals surface area (Å²) in [6, 6.07) is 22.7. The highest BCUT2D eigenvalue weighted by atomic mass is 35.5. The summed E-state index contributed by atoms with van der Waals surface area (Å²) in [7, 11) is 0. The largest absolute Gasteiger partial charge is 0.481 e. The van der Waals surface area contributed by atoms with Crippen molar-refractivity contribution in [1.82, 2.24) is 15.1 Å². The Kier molecular flexibility index (Phi) is 7.68. The maximum atomic E-state index is 13.2. The zero-order valence-electron chi connectivity index (χ0n) is 18.7. The van der Waals surface area contributed by atoms with Crippen molar-refractivity contribution in [1.29, 1.82) is 0 Å². The van der Waals surface area contributed by atoms with E-state index in [0.29, 0.717) is 21.8 Å². The number of carbonyl (C=O) groups excluding carboxylic acids is 2. The Morgan fingerprint density at radius 2 is 1.56 bits per heavy atom. The van der Waals surface area contributed by atoms with Crippen LogP contribution in [0.25, 0.3) is 5.69 Å². The summed E-state index contributed by atoms with van der Waals surface area (Å²) in [6.45, 7) is 0. The average molecular weight is 523 g/mol. The van der Waals surface area contributed by atoms with Crippen LogP contribution in [-0.4, -0.2) is 32.7 Å². The number of benzene rings is 3. The zero-order chi connectivity index (χ0) is 25.7. The number of aliphatic carboxylic acids is 1. The van der Waals surface area contributed by atoms with Crippen LogP contribution in [0.2, 0.25) is 10.0 Å². The van der Waals surface area contributed by atoms with Gasteiger partial charge in [-0.3, -0.25) is 14.4 Å². The number of nitrogens with one attached hydrogen (secondary N) is 2. The summed E-state index contributed by atoms with van der Waals surface area (Å²) in [5.74, 6) is -1.88. The molecule has 1 atom stereocenters. The lowest BCUT2D eigenvalue weighted by atomic mass is 10.0. The minimum Gasteiger partial charge on any atom is -0.481 e. The molecule has 0 radical (unpaired) electrons. The molecule has 0 aliphatic rings. The van der Waals surface area contributed by atoms with Crippen LogP contribution >= 0.6 is 23.2 Å². The molecule has 0 aliphatic heterocycles. The van der Waals surface area contributed by atoms with Crippen molar-refractivity contribution in [3.63, 3.8) is 0 Å². The molecule has 0 fully saturated rings. The lowest BCUT2D eigenvalue weighted by Crippen LogP contribution is -2.30. The van der Waals surface area contributed by atoms with E-state index in [0.717, 1.165) is 0 Å². The van der Waals surface area contributed by atoms with E-state index in [9.17, 15) is 19.5 Å². The van der Waals surface area contributed by atoms with Gasteiger partial charge < -0.3 is 15.7 Å². The molecule has 0 unspecified atom stereocenters. The monoisotopic (exact) mass is 522 g/mol. The number of para-hydroxylation sites is 1. The number of hydrogen-bond donors (Lipinski definition) is 3. The van der Waals surface area contributed by atoms with Gasteiger partial charge in [-0.15, -0.1) is 0 Å². The molecule has 0 saturated carbocycles. The predicted octanol–water partition coefficient (Wildman–Crippen LogP) is 5.38. The third-order valence-corrected chi connectivity index (χ3v) is 5.80. The standard InChI is InChI=1S/C26H20Cl2N4O4/c27-17-11-12-19(20(28)13-17)21(15-24(33)34)29-26(36)22-14-23(30-25(35)16-7-3-1-4-8-16)32(31-22)18-9-5-2-6-10-18/h1-14,21H,15H2,(H,29,36)(H,30,35)(H,33,34)/t21-/m0/s1. The van der Waals surface area contributed by atoms with Crippen molar-refractivity contribution in [2.24, 2.45) is 0 Å². The van der Waals surface area contributed by atoms with E-state index >= 15 is 0 Å². The van der Waals surface area contributed by atoms with E-state index in [-0.39, 0.29) is 22.4 Å². The summed E-state index contributed by atoms with van der Waals surface area (Å²) < 4.78 is 1.43. The molecular weight excluding hydrogens is 503 g/mol. The van der Waals surface area contributed by atoms with Crippen LogP contribution in [0.4, 0.5) is 5.82 Å². The first-order valence-electron chi connectivity index (χ1n) is 10.8. The molecule has 3 aromatic carbocycles. The smallest absolute Gasteiger partial charge is 0.305 e. The number of anilines is 1. The number of carbonyl (C=O) groups is 3. The Morgan fingerprint density at radius 3 is 2.19 bits per heavy atom. The van der Waals surface area contributed by atoms with Crippen molar-refractivity contribution < 1.29 is 19.5 Å². The lowest BCUT2D eigenvalue weighted by Gasteiger charge is -2.18. The zero-order valence-corrected chi connectivity index (χ0v) is 20.2. The molecule has 182 valence electrons. The molecule has 10 heteroatoms. The molecule has 0 aliphatic carbocycles. The Labute approximate surface area is 216 Å². The van der Waals surface area contributed by atoms with Crippen LogP contribution in [0.5, 0.6) is 0 Å². The van der Waals surface area contributed by atoms with E-state index in [1.54, 1.807) is 66.7 Å². The van der Waals surface area contributed by atoms with Gasteiger partial charge in [-0.2, -0.15) is 5.10 Å². The van der Waals surface area contributed by atoms with Crippen molar-refractivity contribution in [2.75, 3.05) is 5.32 Å². The first kappa shape index (κ1) is 25.0. The van der Waals surface area contributed by atoms with E-state index in [1.807, 2.05) is 6.07 Å². The fourth-order valence-electron chi connectivity index (χ4n) is 3.55. The summed E-state index contributed by atoms with van der Waals surface area (Å²) >= 11 is 12.2. The number of carboxylic acids is 1. The van der Waals surface area contributed by atoms with Gasteiger partial charge in [-0.1, -0.05) is 65.7 Å². The van der Waals surface area contributed by atoms with E-state index in [2.05, 4.69) is 15.7 Å². The van der Waals surface area contributed by atoms with Gasteiger partial charge in [0.25, 0.3) is 11.8 Å². The summed E-state index contributed by atoms with van der Waals surface area (Å²) in [4.78, 5) is 37.5. The van der Waals surface area contributed by atoms with Crippen LogP contribution in [0.3, 0.4) is 0 Å². The van der Waals surface area contributed by atoms with Gasteiger partial charge in [0.1, 0.15) is 5.82 Å². The van der Waals surface area contributed by atoms with Crippen LogP contribution in [-0.2, 0) is 4.79 Å². The number of aromatic nitrogens is 2. The second-order valence-electron chi connectivity index (χ2n) is 7.77. The van der Waals surface area contributed by atoms with Crippen molar-refractivity contribution in [3.8, 4) is 5.69 Å². The second kappa shape index (κ2) is 11.1. The number of halogens is 2. The maximum Gasteiger partial charge on any atom is 0.305 e.